The van der Waals surface area contributed by atoms with Gasteiger partial charge in [-0.25, -0.2) is 4.98 Å². The number of rotatable bonds is 4. The SMILES string of the molecule is CCCC(=O)NCc1cn2c(C)cccc2n1. The molecule has 1 N–H and O–H groups in total. The highest BCUT2D eigenvalue weighted by Crippen LogP contribution is 2.08. The van der Waals surface area contributed by atoms with Gasteiger partial charge in [-0.1, -0.05) is 13.0 Å². The van der Waals surface area contributed by atoms with Crippen molar-refractivity contribution in [3.8, 4) is 0 Å². The average Bonchev–Trinajstić information content (AvgIpc) is 2.71. The molecule has 0 aliphatic rings. The Balaban J connectivity index is 2.10. The standard InChI is InChI=1S/C13H17N3O/c1-3-5-13(17)14-8-11-9-16-10(2)6-4-7-12(16)15-11/h4,6-7,9H,3,5,8H2,1-2H3,(H,14,17). The molecule has 0 unspecified atom stereocenters. The average molecular weight is 231 g/mol. The summed E-state index contributed by atoms with van der Waals surface area (Å²) in [5.41, 5.74) is 2.95. The van der Waals surface area contributed by atoms with E-state index >= 15 is 0 Å². The first-order valence-corrected chi connectivity index (χ1v) is 5.91. The molecule has 2 heterocycles. The molecular formula is C13H17N3O. The second-order valence-electron chi connectivity index (χ2n) is 4.15. The van der Waals surface area contributed by atoms with Crippen molar-refractivity contribution in [1.82, 2.24) is 14.7 Å². The van der Waals surface area contributed by atoms with Crippen molar-refractivity contribution in [2.24, 2.45) is 0 Å². The van der Waals surface area contributed by atoms with Gasteiger partial charge in [-0.15, -0.1) is 0 Å². The van der Waals surface area contributed by atoms with E-state index in [0.29, 0.717) is 13.0 Å². The molecule has 1 amide bonds. The maximum Gasteiger partial charge on any atom is 0.220 e. The van der Waals surface area contributed by atoms with E-state index in [9.17, 15) is 4.79 Å². The molecule has 17 heavy (non-hydrogen) atoms. The monoisotopic (exact) mass is 231 g/mol. The molecule has 2 aromatic heterocycles. The van der Waals surface area contributed by atoms with Crippen LogP contribution in [0.4, 0.5) is 0 Å². The lowest BCUT2D eigenvalue weighted by Crippen LogP contribution is -2.22. The van der Waals surface area contributed by atoms with Crippen molar-refractivity contribution in [3.63, 3.8) is 0 Å². The number of hydrogen-bond acceptors (Lipinski definition) is 2. The van der Waals surface area contributed by atoms with Gasteiger partial charge in [-0.2, -0.15) is 0 Å². The summed E-state index contributed by atoms with van der Waals surface area (Å²) in [5, 5.41) is 2.87. The van der Waals surface area contributed by atoms with Gasteiger partial charge in [-0.3, -0.25) is 4.79 Å². The van der Waals surface area contributed by atoms with Gasteiger partial charge in [0.25, 0.3) is 0 Å². The van der Waals surface area contributed by atoms with Gasteiger partial charge < -0.3 is 9.72 Å². The van der Waals surface area contributed by atoms with Crippen molar-refractivity contribution in [2.75, 3.05) is 0 Å². The molecule has 0 saturated heterocycles. The number of fused-ring (bicyclic) bond motifs is 1. The van der Waals surface area contributed by atoms with Crippen LogP contribution in [0, 0.1) is 6.92 Å². The van der Waals surface area contributed by atoms with Crippen LogP contribution in [0.3, 0.4) is 0 Å². The van der Waals surface area contributed by atoms with Gasteiger partial charge in [-0.05, 0) is 25.5 Å². The maximum atomic E-state index is 11.4. The number of nitrogens with zero attached hydrogens (tertiary/aromatic N) is 2. The highest BCUT2D eigenvalue weighted by Gasteiger charge is 2.04. The number of imidazole rings is 1. The second kappa shape index (κ2) is 4.99. The van der Waals surface area contributed by atoms with Crippen molar-refractivity contribution in [2.45, 2.75) is 33.2 Å². The van der Waals surface area contributed by atoms with Crippen molar-refractivity contribution in [3.05, 3.63) is 35.8 Å². The number of pyridine rings is 1. The minimum absolute atomic E-state index is 0.0845. The largest absolute Gasteiger partial charge is 0.350 e. The van der Waals surface area contributed by atoms with Crippen LogP contribution in [0.25, 0.3) is 5.65 Å². The van der Waals surface area contributed by atoms with E-state index in [4.69, 9.17) is 0 Å². The predicted octanol–water partition coefficient (Wildman–Crippen LogP) is 2.06. The fraction of sp³-hybridized carbons (Fsp3) is 0.385. The topological polar surface area (TPSA) is 46.4 Å². The molecule has 0 aliphatic heterocycles. The smallest absolute Gasteiger partial charge is 0.220 e. The summed E-state index contributed by atoms with van der Waals surface area (Å²) in [5.74, 6) is 0.0845. The Kier molecular flexibility index (Phi) is 3.42. The predicted molar refractivity (Wildman–Crippen MR) is 66.7 cm³/mol. The lowest BCUT2D eigenvalue weighted by Gasteiger charge is -2.00. The number of aromatic nitrogens is 2. The minimum Gasteiger partial charge on any atom is -0.350 e. The fourth-order valence-electron chi connectivity index (χ4n) is 1.79. The summed E-state index contributed by atoms with van der Waals surface area (Å²) >= 11 is 0. The van der Waals surface area contributed by atoms with E-state index in [2.05, 4.69) is 10.3 Å². The zero-order valence-electron chi connectivity index (χ0n) is 10.2. The summed E-state index contributed by atoms with van der Waals surface area (Å²) in [6.45, 7) is 4.53. The molecule has 2 rings (SSSR count). The van der Waals surface area contributed by atoms with Crippen LogP contribution >= 0.6 is 0 Å². The summed E-state index contributed by atoms with van der Waals surface area (Å²) in [6.07, 6.45) is 3.42. The Hall–Kier alpha value is -1.84. The van der Waals surface area contributed by atoms with Gasteiger partial charge in [0.2, 0.25) is 5.91 Å². The molecule has 0 saturated carbocycles. The van der Waals surface area contributed by atoms with E-state index in [1.165, 1.54) is 0 Å². The third-order valence-corrected chi connectivity index (χ3v) is 2.69. The van der Waals surface area contributed by atoms with Crippen LogP contribution in [0.2, 0.25) is 0 Å². The molecule has 4 nitrogen and oxygen atoms in total. The van der Waals surface area contributed by atoms with Crippen LogP contribution in [0.15, 0.2) is 24.4 Å². The molecule has 0 spiro atoms. The number of nitrogens with one attached hydrogen (secondary N) is 1. The molecule has 0 atom stereocenters. The number of carbonyl (C=O) groups excluding carboxylic acids is 1. The lowest BCUT2D eigenvalue weighted by molar-refractivity contribution is -0.121. The number of carbonyl (C=O) groups is 1. The highest BCUT2D eigenvalue weighted by molar-refractivity contribution is 5.75. The van der Waals surface area contributed by atoms with E-state index in [1.54, 1.807) is 0 Å². The second-order valence-corrected chi connectivity index (χ2v) is 4.15. The number of aryl methyl sites for hydroxylation is 1. The summed E-state index contributed by atoms with van der Waals surface area (Å²) in [4.78, 5) is 15.8. The van der Waals surface area contributed by atoms with Gasteiger partial charge in [0.05, 0.1) is 12.2 Å². The summed E-state index contributed by atoms with van der Waals surface area (Å²) in [6, 6.07) is 5.98. The zero-order chi connectivity index (χ0) is 12.3. The molecule has 0 bridgehead atoms. The van der Waals surface area contributed by atoms with Crippen molar-refractivity contribution < 1.29 is 4.79 Å². The van der Waals surface area contributed by atoms with Crippen LogP contribution in [-0.4, -0.2) is 15.3 Å². The summed E-state index contributed by atoms with van der Waals surface area (Å²) in [7, 11) is 0. The van der Waals surface area contributed by atoms with E-state index in [1.807, 2.05) is 42.6 Å². The molecule has 2 aromatic rings. The van der Waals surface area contributed by atoms with Crippen LogP contribution in [0.1, 0.15) is 31.2 Å². The van der Waals surface area contributed by atoms with Crippen molar-refractivity contribution in [1.29, 1.82) is 0 Å². The number of amides is 1. The van der Waals surface area contributed by atoms with E-state index < -0.39 is 0 Å². The van der Waals surface area contributed by atoms with Gasteiger partial charge in [0.1, 0.15) is 5.65 Å². The molecule has 0 aromatic carbocycles. The Morgan fingerprint density at radius 1 is 1.47 bits per heavy atom. The fourth-order valence-corrected chi connectivity index (χ4v) is 1.79. The first kappa shape index (κ1) is 11.6. The van der Waals surface area contributed by atoms with E-state index in [-0.39, 0.29) is 5.91 Å². The molecule has 90 valence electrons. The number of hydrogen-bond donors (Lipinski definition) is 1. The Morgan fingerprint density at radius 2 is 2.29 bits per heavy atom. The first-order chi connectivity index (χ1) is 8.20. The Bertz CT molecular complexity index is 530. The van der Waals surface area contributed by atoms with Crippen molar-refractivity contribution >= 4 is 11.6 Å². The maximum absolute atomic E-state index is 11.4. The molecular weight excluding hydrogens is 214 g/mol. The van der Waals surface area contributed by atoms with Crippen LogP contribution in [0.5, 0.6) is 0 Å². The molecule has 0 radical (unpaired) electrons. The van der Waals surface area contributed by atoms with E-state index in [0.717, 1.165) is 23.5 Å². The molecule has 0 fully saturated rings. The van der Waals surface area contributed by atoms with Gasteiger partial charge in [0, 0.05) is 18.3 Å². The van der Waals surface area contributed by atoms with Gasteiger partial charge >= 0.3 is 0 Å². The lowest BCUT2D eigenvalue weighted by atomic mass is 10.3. The zero-order valence-corrected chi connectivity index (χ0v) is 10.2. The summed E-state index contributed by atoms with van der Waals surface area (Å²) < 4.78 is 2.03. The minimum atomic E-state index is 0.0845. The third-order valence-electron chi connectivity index (χ3n) is 2.69. The van der Waals surface area contributed by atoms with Gasteiger partial charge in [0.15, 0.2) is 0 Å². The quantitative estimate of drug-likeness (QED) is 0.875. The Morgan fingerprint density at radius 3 is 3.00 bits per heavy atom. The van der Waals surface area contributed by atoms with Crippen LogP contribution in [-0.2, 0) is 11.3 Å². The highest BCUT2D eigenvalue weighted by atomic mass is 16.1. The third kappa shape index (κ3) is 2.64. The Labute approximate surface area is 101 Å². The van der Waals surface area contributed by atoms with Crippen LogP contribution < -0.4 is 5.32 Å². The molecule has 0 aliphatic carbocycles. The first-order valence-electron chi connectivity index (χ1n) is 5.91. The molecule has 4 heteroatoms. The normalized spacial score (nSPS) is 10.7.